The number of pyridine rings is 6. The Morgan fingerprint density at radius 3 is 0.821 bits per heavy atom. The van der Waals surface area contributed by atoms with Gasteiger partial charge in [-0.05, 0) is 163 Å². The summed E-state index contributed by atoms with van der Waals surface area (Å²) in [5.74, 6) is 4.07. The number of para-hydroxylation sites is 3. The van der Waals surface area contributed by atoms with Gasteiger partial charge in [-0.3, -0.25) is 29.9 Å². The minimum atomic E-state index is 0.247. The summed E-state index contributed by atoms with van der Waals surface area (Å²) in [5.41, 5.74) is 18.7. The maximum absolute atomic E-state index is 7.01. The Morgan fingerprint density at radius 2 is 0.536 bits per heavy atom. The minimum Gasteiger partial charge on any atom is -0.488 e. The number of rotatable bonds is 12. The van der Waals surface area contributed by atoms with Gasteiger partial charge in [-0.2, -0.15) is 0 Å². The third-order valence-electron chi connectivity index (χ3n) is 16.5. The predicted molar refractivity (Wildman–Crippen MR) is 330 cm³/mol. The molecule has 3 N–H and O–H groups in total. The van der Waals surface area contributed by atoms with Crippen LogP contribution in [0.15, 0.2) is 183 Å². The summed E-state index contributed by atoms with van der Waals surface area (Å²) in [6.07, 6.45) is 10.8. The van der Waals surface area contributed by atoms with Crippen molar-refractivity contribution < 1.29 is 14.2 Å². The van der Waals surface area contributed by atoms with Crippen molar-refractivity contribution in [2.75, 3.05) is 0 Å². The zero-order valence-electron chi connectivity index (χ0n) is 45.7. The van der Waals surface area contributed by atoms with Gasteiger partial charge in [-0.25, -0.2) is 15.0 Å². The quantitative estimate of drug-likeness (QED) is 0.0983. The van der Waals surface area contributed by atoms with E-state index in [0.29, 0.717) is 34.7 Å². The summed E-state index contributed by atoms with van der Waals surface area (Å²) in [5, 5.41) is 5.60. The lowest BCUT2D eigenvalue weighted by atomic mass is 9.89. The lowest BCUT2D eigenvalue weighted by molar-refractivity contribution is 0.291. The summed E-state index contributed by atoms with van der Waals surface area (Å²) in [4.78, 5) is 55.1. The largest absolute Gasteiger partial charge is 0.488 e. The van der Waals surface area contributed by atoms with Crippen molar-refractivity contribution in [2.24, 2.45) is 0 Å². The highest BCUT2D eigenvalue weighted by Crippen LogP contribution is 2.41. The molecule has 0 unspecified atom stereocenters. The molecule has 0 saturated heterocycles. The fourth-order valence-corrected chi connectivity index (χ4v) is 12.3. The van der Waals surface area contributed by atoms with Crippen molar-refractivity contribution in [1.29, 1.82) is 0 Å². The van der Waals surface area contributed by atoms with Gasteiger partial charge in [-0.15, -0.1) is 0 Å². The molecule has 0 amide bonds. The molecule has 0 aliphatic rings. The Bertz CT molecular complexity index is 4590. The molecule has 0 radical (unpaired) electrons. The smallest absolute Gasteiger partial charge is 0.142 e. The molecule has 0 bridgehead atoms. The topological polar surface area (TPSA) is 191 Å². The van der Waals surface area contributed by atoms with E-state index in [1.54, 1.807) is 37.2 Å². The number of fused-ring (bicyclic) bond motifs is 18. The molecule has 16 aromatic rings. The molecule has 0 fully saturated rings. The third kappa shape index (κ3) is 7.77. The third-order valence-corrected chi connectivity index (χ3v) is 16.5. The molecule has 15 heteroatoms. The molecule has 7 aromatic carbocycles. The number of ether oxygens (including phenoxy) is 3. The number of benzene rings is 7. The summed E-state index contributed by atoms with van der Waals surface area (Å²) in [7, 11) is 0. The Hall–Kier alpha value is -11.2. The lowest BCUT2D eigenvalue weighted by Crippen LogP contribution is -2.14. The molecule has 0 spiro atoms. The summed E-state index contributed by atoms with van der Waals surface area (Å²) in [6, 6.07) is 48.0. The Labute approximate surface area is 478 Å². The molecule has 15 nitrogen and oxygen atoms in total. The van der Waals surface area contributed by atoms with Gasteiger partial charge in [0.05, 0.1) is 82.9 Å². The average molecular weight is 1090 g/mol. The van der Waals surface area contributed by atoms with Crippen LogP contribution in [0.4, 0.5) is 0 Å². The van der Waals surface area contributed by atoms with E-state index in [0.717, 1.165) is 149 Å². The number of imidazole rings is 3. The van der Waals surface area contributed by atoms with E-state index in [2.05, 4.69) is 53.9 Å². The van der Waals surface area contributed by atoms with Crippen molar-refractivity contribution in [3.8, 4) is 51.4 Å². The van der Waals surface area contributed by atoms with Gasteiger partial charge in [0.2, 0.25) is 0 Å². The molecule has 0 aliphatic carbocycles. The van der Waals surface area contributed by atoms with Crippen LogP contribution in [0.1, 0.15) is 33.4 Å². The van der Waals surface area contributed by atoms with Crippen LogP contribution in [-0.4, -0.2) is 59.8 Å². The molecule has 0 aliphatic heterocycles. The van der Waals surface area contributed by atoms with E-state index in [-0.39, 0.29) is 19.8 Å². The Morgan fingerprint density at radius 1 is 0.286 bits per heavy atom. The van der Waals surface area contributed by atoms with Crippen molar-refractivity contribution in [3.05, 3.63) is 216 Å². The molecule has 9 heterocycles. The zero-order valence-corrected chi connectivity index (χ0v) is 45.7. The maximum Gasteiger partial charge on any atom is 0.142 e. The monoisotopic (exact) mass is 1090 g/mol. The van der Waals surface area contributed by atoms with Crippen LogP contribution in [-0.2, 0) is 19.8 Å². The molecule has 9 aromatic heterocycles. The highest BCUT2D eigenvalue weighted by molar-refractivity contribution is 6.23. The number of hydrogen-bond donors (Lipinski definition) is 3. The summed E-state index contributed by atoms with van der Waals surface area (Å²) < 4.78 is 21.0. The predicted octanol–water partition coefficient (Wildman–Crippen LogP) is 15.3. The van der Waals surface area contributed by atoms with Gasteiger partial charge < -0.3 is 29.2 Å². The first kappa shape index (κ1) is 48.7. The van der Waals surface area contributed by atoms with Gasteiger partial charge in [0.15, 0.2) is 0 Å². The standard InChI is InChI=1S/C69H48N12O3/c1-37-49(34-82-52-25-7-4-16-40(52)67-76-61-43-19-10-28-70-55(43)56-44(62(61)77-67)20-11-29-71-56)38(2)51(36-84-54-27-9-6-18-42(54)69-80-65-47-23-14-32-74-59(47)60-48(66(65)81-69)24-15-33-75-60)39(3)50(37)35-83-53-26-8-5-17-41(53)68-78-63-45-21-12-30-72-57(45)58-46(64(63)79-68)22-13-31-73-58/h4-33H,34-36H2,1-3H3,(H,76,77)(H,78,79)(H,80,81). The minimum absolute atomic E-state index is 0.247. The number of H-pyrrole nitrogens is 3. The van der Waals surface area contributed by atoms with Crippen molar-refractivity contribution in [2.45, 2.75) is 40.6 Å². The van der Waals surface area contributed by atoms with Gasteiger partial charge in [0, 0.05) is 69.5 Å². The first-order valence-corrected chi connectivity index (χ1v) is 27.7. The maximum atomic E-state index is 7.01. The van der Waals surface area contributed by atoms with Gasteiger partial charge in [0.1, 0.15) is 54.5 Å². The Kier molecular flexibility index (Phi) is 11.3. The van der Waals surface area contributed by atoms with Crippen molar-refractivity contribution in [3.63, 3.8) is 0 Å². The zero-order chi connectivity index (χ0) is 56.0. The van der Waals surface area contributed by atoms with Crippen molar-refractivity contribution >= 4 is 98.5 Å². The van der Waals surface area contributed by atoms with E-state index in [1.807, 2.05) is 127 Å². The van der Waals surface area contributed by atoms with Crippen LogP contribution in [0.25, 0.3) is 133 Å². The normalized spacial score (nSPS) is 11.9. The number of hydrogen-bond acceptors (Lipinski definition) is 12. The molecular weight excluding hydrogens is 1040 g/mol. The Balaban J connectivity index is 0.780. The fourth-order valence-electron chi connectivity index (χ4n) is 12.3. The van der Waals surface area contributed by atoms with Crippen molar-refractivity contribution in [1.82, 2.24) is 59.8 Å². The van der Waals surface area contributed by atoms with Gasteiger partial charge >= 0.3 is 0 Å². The molecule has 402 valence electrons. The van der Waals surface area contributed by atoms with E-state index in [4.69, 9.17) is 59.1 Å². The van der Waals surface area contributed by atoms with Crippen LogP contribution < -0.4 is 14.2 Å². The fraction of sp³-hybridized carbons (Fsp3) is 0.0870. The molecular formula is C69H48N12O3. The summed E-state index contributed by atoms with van der Waals surface area (Å²) >= 11 is 0. The second-order valence-electron chi connectivity index (χ2n) is 21.0. The van der Waals surface area contributed by atoms with Crippen LogP contribution in [0.3, 0.4) is 0 Å². The second-order valence-corrected chi connectivity index (χ2v) is 21.0. The van der Waals surface area contributed by atoms with Crippen LogP contribution >= 0.6 is 0 Å². The highest BCUT2D eigenvalue weighted by Gasteiger charge is 2.24. The van der Waals surface area contributed by atoms with E-state index >= 15 is 0 Å². The van der Waals surface area contributed by atoms with Gasteiger partial charge in [-0.1, -0.05) is 36.4 Å². The lowest BCUT2D eigenvalue weighted by Gasteiger charge is -2.24. The van der Waals surface area contributed by atoms with Crippen LogP contribution in [0.2, 0.25) is 0 Å². The van der Waals surface area contributed by atoms with E-state index in [9.17, 15) is 0 Å². The van der Waals surface area contributed by atoms with Gasteiger partial charge in [0.25, 0.3) is 0 Å². The van der Waals surface area contributed by atoms with Crippen LogP contribution in [0.5, 0.6) is 17.2 Å². The molecule has 84 heavy (non-hydrogen) atoms. The first-order valence-electron chi connectivity index (χ1n) is 27.7. The average Bonchev–Trinajstić information content (AvgIpc) is 1.99. The number of nitrogens with one attached hydrogen (secondary N) is 3. The van der Waals surface area contributed by atoms with E-state index in [1.165, 1.54) is 0 Å². The number of aromatic amines is 3. The number of aromatic nitrogens is 12. The molecule has 0 atom stereocenters. The summed E-state index contributed by atoms with van der Waals surface area (Å²) in [6.45, 7) is 7.21. The first-order chi connectivity index (χ1) is 41.4. The van der Waals surface area contributed by atoms with Crippen LogP contribution in [0, 0.1) is 20.8 Å². The SMILES string of the molecule is Cc1c(COc2ccccc2-c2nc3c4cccnc4c4ncccc4c3[nH]2)c(C)c(COc2ccccc2-c2nc3c4cccnc4c4ncccc4c3[nH]2)c(C)c1COc1ccccc1-c1nc2c3cccnc3c3ncccc3c2[nH]1. The number of nitrogens with zero attached hydrogens (tertiary/aromatic N) is 9. The van der Waals surface area contributed by atoms with E-state index < -0.39 is 0 Å². The molecule has 0 saturated carbocycles. The highest BCUT2D eigenvalue weighted by atomic mass is 16.5. The molecule has 16 rings (SSSR count). The second kappa shape index (κ2) is 19.5.